The van der Waals surface area contributed by atoms with E-state index in [2.05, 4.69) is 141 Å². The molecule has 9 aromatic carbocycles. The molecule has 0 radical (unpaired) electrons. The van der Waals surface area contributed by atoms with E-state index in [1.165, 1.54) is 25.6 Å². The Morgan fingerprint density at radius 3 is 1.85 bits per heavy atom. The summed E-state index contributed by atoms with van der Waals surface area (Å²) in [7, 11) is 0. The van der Waals surface area contributed by atoms with E-state index >= 15 is 0 Å². The number of benzene rings is 9. The van der Waals surface area contributed by atoms with Crippen LogP contribution < -0.4 is 0 Å². The molecular weight excluding hydrogens is 763 g/mol. The van der Waals surface area contributed by atoms with E-state index in [-0.39, 0.29) is 0 Å². The molecule has 13 rings (SSSR count). The highest BCUT2D eigenvalue weighted by Crippen LogP contribution is 2.53. The molecule has 0 saturated heterocycles. The first-order chi connectivity index (χ1) is 30.2. The predicted molar refractivity (Wildman–Crippen MR) is 254 cm³/mol. The van der Waals surface area contributed by atoms with Crippen molar-refractivity contribution in [1.29, 1.82) is 5.26 Å². The molecule has 4 aromatic heterocycles. The number of hydrogen-bond acceptors (Lipinski definition) is 3. The number of fused-ring (bicyclic) bond motifs is 9. The Labute approximate surface area is 353 Å². The van der Waals surface area contributed by atoms with E-state index in [4.69, 9.17) is 11.6 Å². The quantitative estimate of drug-likeness (QED) is 0.132. The van der Waals surface area contributed by atoms with E-state index in [0.29, 0.717) is 22.5 Å². The lowest BCUT2D eigenvalue weighted by molar-refractivity contribution is 1.12. The Balaban J connectivity index is 1.32. The van der Waals surface area contributed by atoms with Gasteiger partial charge in [0.2, 0.25) is 5.69 Å². The van der Waals surface area contributed by atoms with Crippen molar-refractivity contribution in [2.75, 3.05) is 0 Å². The molecule has 0 aliphatic carbocycles. The number of hydrogen-bond donors (Lipinski definition) is 0. The van der Waals surface area contributed by atoms with Gasteiger partial charge in [0.1, 0.15) is 11.7 Å². The molecule has 0 bridgehead atoms. The van der Waals surface area contributed by atoms with Crippen molar-refractivity contribution in [2.45, 2.75) is 0 Å². The number of nitriles is 1. The zero-order chi connectivity index (χ0) is 40.3. The first-order valence-electron chi connectivity index (χ1n) is 20.2. The summed E-state index contributed by atoms with van der Waals surface area (Å²) in [6.07, 6.45) is 1.89. The van der Waals surface area contributed by atoms with Crippen LogP contribution in [0.3, 0.4) is 0 Å². The summed E-state index contributed by atoms with van der Waals surface area (Å²) in [4.78, 5) is 9.67. The molecule has 280 valence electrons. The molecule has 5 nitrogen and oxygen atoms in total. The van der Waals surface area contributed by atoms with Gasteiger partial charge in [-0.05, 0) is 69.1 Å². The summed E-state index contributed by atoms with van der Waals surface area (Å²) in [6.45, 7) is 9.16. The van der Waals surface area contributed by atoms with Crippen LogP contribution in [0.2, 0.25) is 0 Å². The lowest BCUT2D eigenvalue weighted by atomic mass is 9.88. The first-order valence-corrected chi connectivity index (χ1v) is 21.0. The Morgan fingerprint density at radius 1 is 0.492 bits per heavy atom. The summed E-state index contributed by atoms with van der Waals surface area (Å²) in [5, 5.41) is 23.0. The number of aromatic nitrogens is 3. The fourth-order valence-corrected chi connectivity index (χ4v) is 11.3. The predicted octanol–water partition coefficient (Wildman–Crippen LogP) is 15.1. The van der Waals surface area contributed by atoms with E-state index in [9.17, 15) is 5.26 Å². The van der Waals surface area contributed by atoms with Gasteiger partial charge in [0.05, 0.1) is 40.1 Å². The summed E-state index contributed by atoms with van der Waals surface area (Å²) in [5.74, 6) is 0. The van der Waals surface area contributed by atoms with Gasteiger partial charge in [0.25, 0.3) is 0 Å². The second-order valence-electron chi connectivity index (χ2n) is 15.6. The molecule has 0 atom stereocenters. The van der Waals surface area contributed by atoms with Gasteiger partial charge in [-0.1, -0.05) is 133 Å². The van der Waals surface area contributed by atoms with Crippen molar-refractivity contribution in [2.24, 2.45) is 0 Å². The molecule has 0 aliphatic rings. The Hall–Kier alpha value is -8.29. The van der Waals surface area contributed by atoms with E-state index in [1.54, 1.807) is 11.3 Å². The van der Waals surface area contributed by atoms with Crippen molar-refractivity contribution in [3.8, 4) is 39.7 Å². The fourth-order valence-electron chi connectivity index (χ4n) is 10.2. The van der Waals surface area contributed by atoms with Crippen LogP contribution >= 0.6 is 11.3 Å². The molecule has 0 aliphatic heterocycles. The van der Waals surface area contributed by atoms with Gasteiger partial charge >= 0.3 is 0 Å². The van der Waals surface area contributed by atoms with E-state index in [0.717, 1.165) is 82.3 Å². The molecule has 4 heterocycles. The van der Waals surface area contributed by atoms with Crippen LogP contribution in [0.1, 0.15) is 5.56 Å². The van der Waals surface area contributed by atoms with Gasteiger partial charge in [0.15, 0.2) is 0 Å². The molecule has 6 heteroatoms. The summed E-state index contributed by atoms with van der Waals surface area (Å²) in [6, 6.07) is 61.8. The monoisotopic (exact) mass is 791 g/mol. The maximum atomic E-state index is 11.7. The first kappa shape index (κ1) is 33.7. The molecule has 0 amide bonds. The number of thiophene rings is 1. The third-order valence-electron chi connectivity index (χ3n) is 12.6. The summed E-state index contributed by atoms with van der Waals surface area (Å²) < 4.78 is 6.96. The Kier molecular flexibility index (Phi) is 6.96. The molecular formula is C55H29N5S. The Morgan fingerprint density at radius 2 is 1.11 bits per heavy atom. The summed E-state index contributed by atoms with van der Waals surface area (Å²) >= 11 is 1.80. The van der Waals surface area contributed by atoms with Crippen molar-refractivity contribution in [3.63, 3.8) is 0 Å². The van der Waals surface area contributed by atoms with Crippen LogP contribution in [0.5, 0.6) is 0 Å². The van der Waals surface area contributed by atoms with Gasteiger partial charge < -0.3 is 9.13 Å². The maximum absolute atomic E-state index is 11.7. The molecule has 0 saturated carbocycles. The minimum absolute atomic E-state index is 0.394. The lowest BCUT2D eigenvalue weighted by Gasteiger charge is -2.25. The van der Waals surface area contributed by atoms with E-state index in [1.807, 2.05) is 54.7 Å². The Bertz CT molecular complexity index is 3980. The second kappa shape index (κ2) is 12.6. The fraction of sp³-hybridized carbons (Fsp3) is 0. The highest BCUT2D eigenvalue weighted by molar-refractivity contribution is 7.25. The van der Waals surface area contributed by atoms with Gasteiger partial charge in [-0.15, -0.1) is 11.3 Å². The van der Waals surface area contributed by atoms with Gasteiger partial charge in [-0.2, -0.15) is 5.26 Å². The minimum Gasteiger partial charge on any atom is -0.307 e. The largest absolute Gasteiger partial charge is 0.307 e. The zero-order valence-electron chi connectivity index (χ0n) is 32.4. The van der Waals surface area contributed by atoms with Crippen LogP contribution in [0, 0.1) is 17.9 Å². The van der Waals surface area contributed by atoms with Crippen LogP contribution in [0.4, 0.5) is 5.69 Å². The van der Waals surface area contributed by atoms with Gasteiger partial charge in [-0.3, -0.25) is 0 Å². The van der Waals surface area contributed by atoms with Crippen molar-refractivity contribution >= 4 is 102 Å². The van der Waals surface area contributed by atoms with Crippen LogP contribution in [0.25, 0.3) is 124 Å². The van der Waals surface area contributed by atoms with Crippen molar-refractivity contribution < 1.29 is 0 Å². The highest BCUT2D eigenvalue weighted by atomic mass is 32.1. The van der Waals surface area contributed by atoms with Crippen LogP contribution in [-0.4, -0.2) is 14.1 Å². The smallest absolute Gasteiger partial charge is 0.220 e. The lowest BCUT2D eigenvalue weighted by Crippen LogP contribution is -2.09. The topological polar surface area (TPSA) is 50.9 Å². The molecule has 0 spiro atoms. The second-order valence-corrected chi connectivity index (χ2v) is 16.7. The standard InChI is InChI=1S/C55H29N5S/c1-57-52-48(32-15-4-2-5-16-32)42(31-56)53(59-43-24-12-10-21-36(43)40-30-47-41(29-45(40)59)37-22-11-13-26-46(37)61-47)49(33-17-6-3-7-18-33)54(52)60-44-25-14-23-38-34-19-8-9-20-35(34)39-27-28-58-55(60)51(39)50(38)44/h2-30H. The van der Waals surface area contributed by atoms with Crippen LogP contribution in [-0.2, 0) is 0 Å². The number of nitrogens with zero attached hydrogens (tertiary/aromatic N) is 5. The molecule has 61 heavy (non-hydrogen) atoms. The average Bonchev–Trinajstić information content (AvgIpc) is 3.97. The minimum atomic E-state index is 0.394. The average molecular weight is 792 g/mol. The number of para-hydroxylation sites is 1. The molecule has 0 unspecified atom stereocenters. The normalized spacial score (nSPS) is 11.9. The maximum Gasteiger partial charge on any atom is 0.220 e. The number of pyridine rings is 1. The molecule has 0 fully saturated rings. The molecule has 0 N–H and O–H groups in total. The summed E-state index contributed by atoms with van der Waals surface area (Å²) in [5.41, 5.74) is 8.99. The van der Waals surface area contributed by atoms with E-state index < -0.39 is 0 Å². The van der Waals surface area contributed by atoms with Crippen molar-refractivity contribution in [3.05, 3.63) is 193 Å². The SMILES string of the molecule is [C-]#[N+]c1c(-c2ccccc2)c(C#N)c(-n2c3ccccc3c3cc4sc5ccccc5c4cc32)c(-c2ccccc2)c1-n1c2cccc3c4ccccc4c4ccnc1c4c32. The third kappa shape index (κ3) is 4.49. The number of rotatable bonds is 4. The van der Waals surface area contributed by atoms with Crippen LogP contribution in [0.15, 0.2) is 176 Å². The molecule has 13 aromatic rings. The van der Waals surface area contributed by atoms with Gasteiger partial charge in [-0.25, -0.2) is 9.83 Å². The van der Waals surface area contributed by atoms with Crippen molar-refractivity contribution in [1.82, 2.24) is 14.1 Å². The zero-order valence-corrected chi connectivity index (χ0v) is 33.2. The third-order valence-corrected chi connectivity index (χ3v) is 13.7. The van der Waals surface area contributed by atoms with Gasteiger partial charge in [0, 0.05) is 59.0 Å². The highest BCUT2D eigenvalue weighted by Gasteiger charge is 2.32.